The van der Waals surface area contributed by atoms with Crippen LogP contribution in [-0.2, 0) is 9.53 Å². The summed E-state index contributed by atoms with van der Waals surface area (Å²) < 4.78 is 4.78. The van der Waals surface area contributed by atoms with Gasteiger partial charge in [-0.05, 0) is 19.9 Å². The Morgan fingerprint density at radius 1 is 1.35 bits per heavy atom. The van der Waals surface area contributed by atoms with Gasteiger partial charge in [-0.2, -0.15) is 0 Å². The molecule has 1 aromatic rings. The second kappa shape index (κ2) is 8.49. The van der Waals surface area contributed by atoms with Gasteiger partial charge in [0.05, 0.1) is 12.4 Å². The first kappa shape index (κ1) is 16.4. The lowest BCUT2D eigenvalue weighted by atomic mass is 10.4. The number of rotatable bonds is 6. The number of nitrogens with zero attached hydrogens (tertiary/aromatic N) is 2. The fraction of sp³-hybridized carbons (Fsp3) is 0.500. The van der Waals surface area contributed by atoms with Crippen molar-refractivity contribution in [2.24, 2.45) is 0 Å². The zero-order valence-electron chi connectivity index (χ0n) is 11.7. The van der Waals surface area contributed by atoms with Crippen molar-refractivity contribution in [2.45, 2.75) is 18.9 Å². The lowest BCUT2D eigenvalue weighted by Gasteiger charge is -2.06. The Bertz CT molecular complexity index is 462. The molecule has 1 heterocycles. The van der Waals surface area contributed by atoms with Crippen LogP contribution in [0.4, 0.5) is 4.79 Å². The van der Waals surface area contributed by atoms with E-state index in [0.717, 1.165) is 5.69 Å². The third kappa shape index (κ3) is 6.48. The quantitative estimate of drug-likeness (QED) is 0.455. The number of carbonyl (C=O) groups is 2. The van der Waals surface area contributed by atoms with E-state index >= 15 is 0 Å². The summed E-state index contributed by atoms with van der Waals surface area (Å²) in [6.07, 6.45) is 0. The number of amides is 3. The molecule has 3 amide bonds. The molecular formula is C12H18N4O3S. The maximum absolute atomic E-state index is 11.6. The highest BCUT2D eigenvalue weighted by Gasteiger charge is 2.08. The first-order valence-corrected chi connectivity index (χ1v) is 7.01. The van der Waals surface area contributed by atoms with Gasteiger partial charge >= 0.3 is 6.03 Å². The van der Waals surface area contributed by atoms with Gasteiger partial charge in [0.2, 0.25) is 5.91 Å². The zero-order valence-corrected chi connectivity index (χ0v) is 12.5. The first-order chi connectivity index (χ1) is 9.51. The predicted octanol–water partition coefficient (Wildman–Crippen LogP) is 0.658. The maximum Gasteiger partial charge on any atom is 0.321 e. The average molecular weight is 298 g/mol. The van der Waals surface area contributed by atoms with Gasteiger partial charge in [0.1, 0.15) is 10.9 Å². The van der Waals surface area contributed by atoms with Crippen LogP contribution >= 0.6 is 11.8 Å². The van der Waals surface area contributed by atoms with Crippen molar-refractivity contribution in [3.8, 4) is 0 Å². The molecule has 110 valence electrons. The lowest BCUT2D eigenvalue weighted by molar-refractivity contribution is -0.117. The second-order valence-corrected chi connectivity index (χ2v) is 4.98. The van der Waals surface area contributed by atoms with Gasteiger partial charge in [-0.15, -0.1) is 0 Å². The Morgan fingerprint density at radius 3 is 2.75 bits per heavy atom. The van der Waals surface area contributed by atoms with Crippen molar-refractivity contribution in [3.63, 3.8) is 0 Å². The second-order valence-electron chi connectivity index (χ2n) is 3.98. The molecule has 0 unspecified atom stereocenters. The van der Waals surface area contributed by atoms with Crippen LogP contribution < -0.4 is 10.6 Å². The van der Waals surface area contributed by atoms with E-state index in [1.54, 1.807) is 13.0 Å². The Hall–Kier alpha value is -1.67. The summed E-state index contributed by atoms with van der Waals surface area (Å²) in [6, 6.07) is 1.27. The van der Waals surface area contributed by atoms with Crippen LogP contribution in [-0.4, -0.2) is 47.9 Å². The predicted molar refractivity (Wildman–Crippen MR) is 75.6 cm³/mol. The summed E-state index contributed by atoms with van der Waals surface area (Å²) in [5, 5.41) is 5.44. The van der Waals surface area contributed by atoms with E-state index in [4.69, 9.17) is 4.74 Å². The fourth-order valence-electron chi connectivity index (χ4n) is 1.37. The molecule has 7 nitrogen and oxygen atoms in total. The minimum Gasteiger partial charge on any atom is -0.383 e. The molecule has 0 saturated heterocycles. The number of thioether (sulfide) groups is 1. The van der Waals surface area contributed by atoms with Crippen LogP contribution in [0.25, 0.3) is 0 Å². The summed E-state index contributed by atoms with van der Waals surface area (Å²) in [6.45, 7) is 4.41. The van der Waals surface area contributed by atoms with E-state index in [1.807, 2.05) is 6.92 Å². The van der Waals surface area contributed by atoms with Gasteiger partial charge in [-0.25, -0.2) is 14.8 Å². The molecule has 0 radical (unpaired) electrons. The molecule has 1 aromatic heterocycles. The van der Waals surface area contributed by atoms with E-state index in [-0.39, 0.29) is 11.7 Å². The largest absolute Gasteiger partial charge is 0.383 e. The standard InChI is InChI=1S/C12H18N4O3S/c1-8-6-11(15-9(2)14-8)20-7-10(17)16-12(18)13-4-5-19-3/h6H,4-5,7H2,1-3H3,(H2,13,16,17,18). The van der Waals surface area contributed by atoms with Crippen molar-refractivity contribution in [2.75, 3.05) is 26.0 Å². The van der Waals surface area contributed by atoms with Gasteiger partial charge in [0, 0.05) is 19.3 Å². The molecule has 1 rings (SSSR count). The number of nitrogens with one attached hydrogen (secondary N) is 2. The molecule has 8 heteroatoms. The number of aromatic nitrogens is 2. The number of imide groups is 1. The summed E-state index contributed by atoms with van der Waals surface area (Å²) in [4.78, 5) is 31.2. The van der Waals surface area contributed by atoms with Gasteiger partial charge < -0.3 is 10.1 Å². The normalized spacial score (nSPS) is 10.2. The van der Waals surface area contributed by atoms with Crippen LogP contribution in [0.1, 0.15) is 11.5 Å². The minimum absolute atomic E-state index is 0.119. The van der Waals surface area contributed by atoms with E-state index in [2.05, 4.69) is 20.6 Å². The number of hydrogen-bond donors (Lipinski definition) is 2. The number of methoxy groups -OCH3 is 1. The third-order valence-electron chi connectivity index (χ3n) is 2.14. The monoisotopic (exact) mass is 298 g/mol. The van der Waals surface area contributed by atoms with E-state index in [1.165, 1.54) is 18.9 Å². The highest BCUT2D eigenvalue weighted by Crippen LogP contribution is 2.15. The van der Waals surface area contributed by atoms with Crippen LogP contribution in [0.2, 0.25) is 0 Å². The highest BCUT2D eigenvalue weighted by molar-refractivity contribution is 7.99. The zero-order chi connectivity index (χ0) is 15.0. The molecule has 0 aliphatic carbocycles. The molecule has 0 aliphatic rings. The SMILES string of the molecule is COCCNC(=O)NC(=O)CSc1cc(C)nc(C)n1. The number of carbonyl (C=O) groups excluding carboxylic acids is 2. The van der Waals surface area contributed by atoms with E-state index in [9.17, 15) is 9.59 Å². The number of aryl methyl sites for hydroxylation is 2. The van der Waals surface area contributed by atoms with Crippen molar-refractivity contribution in [1.82, 2.24) is 20.6 Å². The first-order valence-electron chi connectivity index (χ1n) is 6.03. The van der Waals surface area contributed by atoms with Crippen LogP contribution in [0.3, 0.4) is 0 Å². The average Bonchev–Trinajstić information content (AvgIpc) is 2.35. The molecule has 20 heavy (non-hydrogen) atoms. The Morgan fingerprint density at radius 2 is 2.10 bits per heavy atom. The maximum atomic E-state index is 11.6. The number of ether oxygens (including phenoxy) is 1. The van der Waals surface area contributed by atoms with E-state index < -0.39 is 6.03 Å². The van der Waals surface area contributed by atoms with E-state index in [0.29, 0.717) is 24.0 Å². The molecule has 0 spiro atoms. The van der Waals surface area contributed by atoms with Crippen LogP contribution in [0.15, 0.2) is 11.1 Å². The molecular weight excluding hydrogens is 280 g/mol. The Balaban J connectivity index is 2.34. The third-order valence-corrected chi connectivity index (χ3v) is 3.05. The topological polar surface area (TPSA) is 93.2 Å². The Kier molecular flexibility index (Phi) is 6.96. The van der Waals surface area contributed by atoms with Gasteiger partial charge in [-0.1, -0.05) is 11.8 Å². The summed E-state index contributed by atoms with van der Waals surface area (Å²) in [5.74, 6) is 0.400. The summed E-state index contributed by atoms with van der Waals surface area (Å²) in [5.41, 5.74) is 0.845. The van der Waals surface area contributed by atoms with Crippen molar-refractivity contribution >= 4 is 23.7 Å². The number of hydrogen-bond acceptors (Lipinski definition) is 6. The summed E-state index contributed by atoms with van der Waals surface area (Å²) >= 11 is 1.26. The molecule has 0 bridgehead atoms. The summed E-state index contributed by atoms with van der Waals surface area (Å²) in [7, 11) is 1.53. The van der Waals surface area contributed by atoms with Crippen molar-refractivity contribution in [3.05, 3.63) is 17.6 Å². The van der Waals surface area contributed by atoms with Crippen LogP contribution in [0, 0.1) is 13.8 Å². The smallest absolute Gasteiger partial charge is 0.321 e. The molecule has 0 aromatic carbocycles. The lowest BCUT2D eigenvalue weighted by Crippen LogP contribution is -2.41. The molecule has 2 N–H and O–H groups in total. The van der Waals surface area contributed by atoms with Gasteiger partial charge in [-0.3, -0.25) is 10.1 Å². The van der Waals surface area contributed by atoms with Crippen molar-refractivity contribution < 1.29 is 14.3 Å². The molecule has 0 fully saturated rings. The van der Waals surface area contributed by atoms with Gasteiger partial charge in [0.25, 0.3) is 0 Å². The fourth-order valence-corrected chi connectivity index (χ4v) is 2.17. The minimum atomic E-state index is -0.525. The Labute approximate surface area is 121 Å². The molecule has 0 aliphatic heterocycles. The molecule has 0 atom stereocenters. The highest BCUT2D eigenvalue weighted by atomic mass is 32.2. The molecule has 0 saturated carbocycles. The van der Waals surface area contributed by atoms with Gasteiger partial charge in [0.15, 0.2) is 0 Å². The van der Waals surface area contributed by atoms with Crippen LogP contribution in [0.5, 0.6) is 0 Å². The number of urea groups is 1. The van der Waals surface area contributed by atoms with Crippen molar-refractivity contribution in [1.29, 1.82) is 0 Å².